The number of hydrogen-bond acceptors (Lipinski definition) is 1. The van der Waals surface area contributed by atoms with Gasteiger partial charge in [0.15, 0.2) is 0 Å². The Bertz CT molecular complexity index is 141. The van der Waals surface area contributed by atoms with Crippen molar-refractivity contribution in [2.45, 2.75) is 26.2 Å². The van der Waals surface area contributed by atoms with Gasteiger partial charge in [-0.25, -0.2) is 0 Å². The van der Waals surface area contributed by atoms with Crippen molar-refractivity contribution in [1.29, 1.82) is 0 Å². The Morgan fingerprint density at radius 3 is 2.60 bits per heavy atom. The van der Waals surface area contributed by atoms with Gasteiger partial charge in [-0.1, -0.05) is 34.8 Å². The van der Waals surface area contributed by atoms with Crippen molar-refractivity contribution in [2.24, 2.45) is 0 Å². The van der Waals surface area contributed by atoms with Crippen molar-refractivity contribution in [1.82, 2.24) is 0 Å². The summed E-state index contributed by atoms with van der Waals surface area (Å²) < 4.78 is 0. The molecule has 0 radical (unpaired) electrons. The Hall–Kier alpha value is -0.310. The van der Waals surface area contributed by atoms with Gasteiger partial charge in [-0.3, -0.25) is 4.79 Å². The van der Waals surface area contributed by atoms with E-state index in [9.17, 15) is 4.79 Å². The van der Waals surface area contributed by atoms with Gasteiger partial charge in [-0.2, -0.15) is 0 Å². The lowest BCUT2D eigenvalue weighted by Gasteiger charge is -1.98. The zero-order valence-electron chi connectivity index (χ0n) is 5.93. The molecule has 0 atom stereocenters. The van der Waals surface area contributed by atoms with Gasteiger partial charge in [0, 0.05) is 0 Å². The van der Waals surface area contributed by atoms with E-state index in [0.717, 1.165) is 18.4 Å². The van der Waals surface area contributed by atoms with E-state index in [2.05, 4.69) is 15.9 Å². The van der Waals surface area contributed by atoms with Gasteiger partial charge in [0.1, 0.15) is 0 Å². The standard InChI is InChI=1S/C7H11BrO2/c1-2-3-6(5-8)4-7(9)10/h5H,2-4H2,1H3,(H,9,10). The highest BCUT2D eigenvalue weighted by atomic mass is 79.9. The highest BCUT2D eigenvalue weighted by Crippen LogP contribution is 2.11. The number of hydrogen-bond donors (Lipinski definition) is 1. The highest BCUT2D eigenvalue weighted by Gasteiger charge is 2.00. The summed E-state index contributed by atoms with van der Waals surface area (Å²) in [4.78, 5) is 11.9. The molecule has 0 amide bonds. The average Bonchev–Trinajstić information content (AvgIpc) is 1.86. The van der Waals surface area contributed by atoms with Crippen LogP contribution in [0.3, 0.4) is 0 Å². The Labute approximate surface area is 69.1 Å². The van der Waals surface area contributed by atoms with Crippen LogP contribution in [0.2, 0.25) is 0 Å². The molecule has 3 heteroatoms. The second-order valence-electron chi connectivity index (χ2n) is 2.09. The SMILES string of the molecule is CCCC(=CBr)CC(=O)O. The highest BCUT2D eigenvalue weighted by molar-refractivity contribution is 9.11. The van der Waals surface area contributed by atoms with E-state index in [4.69, 9.17) is 5.11 Å². The first-order valence-corrected chi connectivity index (χ1v) is 4.12. The summed E-state index contributed by atoms with van der Waals surface area (Å²) in [7, 11) is 0. The third-order valence-corrected chi connectivity index (χ3v) is 1.75. The summed E-state index contributed by atoms with van der Waals surface area (Å²) in [6.45, 7) is 2.03. The van der Waals surface area contributed by atoms with Crippen LogP contribution in [0.15, 0.2) is 10.6 Å². The van der Waals surface area contributed by atoms with Crippen LogP contribution in [0.4, 0.5) is 0 Å². The molecule has 0 spiro atoms. The van der Waals surface area contributed by atoms with Crippen LogP contribution < -0.4 is 0 Å². The normalized spacial score (nSPS) is 11.6. The second kappa shape index (κ2) is 5.47. The molecule has 0 heterocycles. The third kappa shape index (κ3) is 4.56. The molecular weight excluding hydrogens is 196 g/mol. The van der Waals surface area contributed by atoms with Crippen molar-refractivity contribution in [2.75, 3.05) is 0 Å². The minimum atomic E-state index is -0.765. The van der Waals surface area contributed by atoms with Crippen LogP contribution in [0.1, 0.15) is 26.2 Å². The third-order valence-electron chi connectivity index (χ3n) is 1.10. The number of carbonyl (C=O) groups is 1. The lowest BCUT2D eigenvalue weighted by atomic mass is 10.1. The van der Waals surface area contributed by atoms with Gasteiger partial charge in [-0.05, 0) is 11.4 Å². The Morgan fingerprint density at radius 2 is 2.30 bits per heavy atom. The fraction of sp³-hybridized carbons (Fsp3) is 0.571. The molecular formula is C7H11BrO2. The maximum Gasteiger partial charge on any atom is 0.307 e. The Kier molecular flexibility index (Phi) is 5.30. The minimum Gasteiger partial charge on any atom is -0.481 e. The number of aliphatic carboxylic acids is 1. The molecule has 0 fully saturated rings. The number of rotatable bonds is 4. The first kappa shape index (κ1) is 9.69. The molecule has 0 saturated carbocycles. The van der Waals surface area contributed by atoms with Gasteiger partial charge in [-0.15, -0.1) is 0 Å². The molecule has 0 rings (SSSR count). The monoisotopic (exact) mass is 206 g/mol. The number of halogens is 1. The molecule has 0 bridgehead atoms. The second-order valence-corrected chi connectivity index (χ2v) is 2.55. The first-order chi connectivity index (χ1) is 4.70. The zero-order valence-corrected chi connectivity index (χ0v) is 7.52. The van der Waals surface area contributed by atoms with Gasteiger partial charge in [0.05, 0.1) is 6.42 Å². The molecule has 0 unspecified atom stereocenters. The summed E-state index contributed by atoms with van der Waals surface area (Å²) in [5.41, 5.74) is 0.940. The maximum absolute atomic E-state index is 10.2. The summed E-state index contributed by atoms with van der Waals surface area (Å²) in [5, 5.41) is 8.38. The molecule has 0 aliphatic rings. The van der Waals surface area contributed by atoms with Crippen molar-refractivity contribution in [3.05, 3.63) is 10.6 Å². The van der Waals surface area contributed by atoms with Gasteiger partial charge in [0.25, 0.3) is 0 Å². The number of carboxylic acids is 1. The average molecular weight is 207 g/mol. The van der Waals surface area contributed by atoms with E-state index in [-0.39, 0.29) is 6.42 Å². The van der Waals surface area contributed by atoms with E-state index < -0.39 is 5.97 Å². The van der Waals surface area contributed by atoms with Crippen molar-refractivity contribution in [3.63, 3.8) is 0 Å². The quantitative estimate of drug-likeness (QED) is 0.768. The van der Waals surface area contributed by atoms with Crippen molar-refractivity contribution in [3.8, 4) is 0 Å². The van der Waals surface area contributed by atoms with E-state index in [0.29, 0.717) is 0 Å². The molecule has 10 heavy (non-hydrogen) atoms. The Balaban J connectivity index is 3.73. The predicted molar refractivity (Wildman–Crippen MR) is 44.2 cm³/mol. The summed E-state index contributed by atoms with van der Waals surface area (Å²) >= 11 is 3.12. The summed E-state index contributed by atoms with van der Waals surface area (Å²) in [6, 6.07) is 0. The summed E-state index contributed by atoms with van der Waals surface area (Å²) in [6.07, 6.45) is 2.00. The first-order valence-electron chi connectivity index (χ1n) is 3.20. The van der Waals surface area contributed by atoms with Crippen LogP contribution in [-0.4, -0.2) is 11.1 Å². The van der Waals surface area contributed by atoms with Crippen LogP contribution >= 0.6 is 15.9 Å². The van der Waals surface area contributed by atoms with Gasteiger partial charge < -0.3 is 5.11 Å². The molecule has 0 aliphatic heterocycles. The van der Waals surface area contributed by atoms with Gasteiger partial charge >= 0.3 is 5.97 Å². The smallest absolute Gasteiger partial charge is 0.307 e. The minimum absolute atomic E-state index is 0.152. The van der Waals surface area contributed by atoms with Crippen LogP contribution in [0.5, 0.6) is 0 Å². The molecule has 2 nitrogen and oxygen atoms in total. The molecule has 1 N–H and O–H groups in total. The van der Waals surface area contributed by atoms with E-state index in [1.807, 2.05) is 6.92 Å². The van der Waals surface area contributed by atoms with E-state index in [1.165, 1.54) is 0 Å². The van der Waals surface area contributed by atoms with Gasteiger partial charge in [0.2, 0.25) is 0 Å². The maximum atomic E-state index is 10.2. The zero-order chi connectivity index (χ0) is 7.98. The van der Waals surface area contributed by atoms with Crippen molar-refractivity contribution >= 4 is 21.9 Å². The lowest BCUT2D eigenvalue weighted by molar-refractivity contribution is -0.136. The lowest BCUT2D eigenvalue weighted by Crippen LogP contribution is -1.96. The van der Waals surface area contributed by atoms with Crippen LogP contribution in [-0.2, 0) is 4.79 Å². The summed E-state index contributed by atoms with van der Waals surface area (Å²) in [5.74, 6) is -0.765. The number of carboxylic acid groups (broad SMARTS) is 1. The molecule has 0 aliphatic carbocycles. The fourth-order valence-corrected chi connectivity index (χ4v) is 1.09. The molecule has 0 aromatic heterocycles. The molecule has 0 aromatic rings. The van der Waals surface area contributed by atoms with Crippen LogP contribution in [0, 0.1) is 0 Å². The van der Waals surface area contributed by atoms with Crippen molar-refractivity contribution < 1.29 is 9.90 Å². The van der Waals surface area contributed by atoms with Crippen LogP contribution in [0.25, 0.3) is 0 Å². The van der Waals surface area contributed by atoms with E-state index >= 15 is 0 Å². The Morgan fingerprint density at radius 1 is 1.70 bits per heavy atom. The fourth-order valence-electron chi connectivity index (χ4n) is 0.697. The predicted octanol–water partition coefficient (Wildman–Crippen LogP) is 2.54. The molecule has 0 aromatic carbocycles. The topological polar surface area (TPSA) is 37.3 Å². The molecule has 58 valence electrons. The van der Waals surface area contributed by atoms with E-state index in [1.54, 1.807) is 4.99 Å². The molecule has 0 saturated heterocycles. The largest absolute Gasteiger partial charge is 0.481 e.